The first-order chi connectivity index (χ1) is 11.2. The van der Waals surface area contributed by atoms with E-state index in [1.54, 1.807) is 7.11 Å². The summed E-state index contributed by atoms with van der Waals surface area (Å²) in [5, 5.41) is 3.72. The van der Waals surface area contributed by atoms with Crippen molar-refractivity contribution in [3.05, 3.63) is 59.1 Å². The molecule has 0 aromatic heterocycles. The fourth-order valence-corrected chi connectivity index (χ4v) is 3.04. The van der Waals surface area contributed by atoms with Crippen LogP contribution in [0.25, 0.3) is 0 Å². The number of thioether (sulfide) groups is 1. The molecule has 0 heterocycles. The largest absolute Gasteiger partial charge is 0.497 e. The van der Waals surface area contributed by atoms with E-state index in [1.165, 1.54) is 11.8 Å². The van der Waals surface area contributed by atoms with E-state index in [1.807, 2.05) is 48.5 Å². The minimum Gasteiger partial charge on any atom is -0.497 e. The molecule has 2 rings (SSSR count). The van der Waals surface area contributed by atoms with Crippen molar-refractivity contribution in [2.24, 2.45) is 0 Å². The number of methoxy groups -OCH3 is 1. The molecular weight excluding hydrogens is 330 g/mol. The lowest BCUT2D eigenvalue weighted by Crippen LogP contribution is -2.26. The van der Waals surface area contributed by atoms with Crippen LogP contribution < -0.4 is 10.1 Å². The molecule has 0 unspecified atom stereocenters. The van der Waals surface area contributed by atoms with Crippen molar-refractivity contribution in [3.8, 4) is 5.75 Å². The lowest BCUT2D eigenvalue weighted by Gasteiger charge is -2.07. The Morgan fingerprint density at radius 3 is 2.61 bits per heavy atom. The molecule has 0 saturated carbocycles. The van der Waals surface area contributed by atoms with E-state index >= 15 is 0 Å². The molecule has 2 aromatic rings. The molecule has 0 aliphatic heterocycles. The van der Waals surface area contributed by atoms with Crippen molar-refractivity contribution in [1.29, 1.82) is 0 Å². The van der Waals surface area contributed by atoms with Crippen molar-refractivity contribution in [2.45, 2.75) is 17.7 Å². The van der Waals surface area contributed by atoms with Gasteiger partial charge in [0.05, 0.1) is 12.9 Å². The standard InChI is InChI=1S/C18H20ClNO2S/c1-22-15-8-10-16(11-9-15)23-13-18(21)20-12-4-6-14-5-2-3-7-17(14)19/h2-3,5,7-11H,4,6,12-13H2,1H3,(H,20,21). The number of carbonyl (C=O) groups is 1. The molecule has 1 N–H and O–H groups in total. The van der Waals surface area contributed by atoms with Gasteiger partial charge in [-0.05, 0) is 48.7 Å². The van der Waals surface area contributed by atoms with Crippen LogP contribution in [-0.4, -0.2) is 25.3 Å². The summed E-state index contributed by atoms with van der Waals surface area (Å²) in [7, 11) is 1.64. The number of rotatable bonds is 8. The lowest BCUT2D eigenvalue weighted by atomic mass is 10.1. The summed E-state index contributed by atoms with van der Waals surface area (Å²) in [5.74, 6) is 1.28. The van der Waals surface area contributed by atoms with Gasteiger partial charge in [-0.15, -0.1) is 11.8 Å². The molecule has 0 aliphatic carbocycles. The van der Waals surface area contributed by atoms with Crippen molar-refractivity contribution < 1.29 is 9.53 Å². The Kier molecular flexibility index (Phi) is 7.30. The maximum Gasteiger partial charge on any atom is 0.230 e. The number of ether oxygens (including phenoxy) is 1. The highest BCUT2D eigenvalue weighted by molar-refractivity contribution is 8.00. The van der Waals surface area contributed by atoms with Crippen LogP contribution in [0.5, 0.6) is 5.75 Å². The Bertz CT molecular complexity index is 631. The fourth-order valence-electron chi connectivity index (χ4n) is 2.08. The van der Waals surface area contributed by atoms with Crippen LogP contribution in [0.3, 0.4) is 0 Å². The first-order valence-corrected chi connectivity index (χ1v) is 8.82. The molecule has 0 aliphatic rings. The summed E-state index contributed by atoms with van der Waals surface area (Å²) >= 11 is 7.62. The summed E-state index contributed by atoms with van der Waals surface area (Å²) in [6.07, 6.45) is 1.74. The predicted molar refractivity (Wildman–Crippen MR) is 96.5 cm³/mol. The van der Waals surface area contributed by atoms with E-state index in [0.29, 0.717) is 12.3 Å². The second-order valence-corrected chi connectivity index (χ2v) is 6.47. The van der Waals surface area contributed by atoms with E-state index in [9.17, 15) is 4.79 Å². The Hall–Kier alpha value is -1.65. The Balaban J connectivity index is 1.64. The number of benzene rings is 2. The summed E-state index contributed by atoms with van der Waals surface area (Å²) in [6, 6.07) is 15.5. The van der Waals surface area contributed by atoms with E-state index in [-0.39, 0.29) is 5.91 Å². The third-order valence-corrected chi connectivity index (χ3v) is 4.71. The van der Waals surface area contributed by atoms with Gasteiger partial charge in [0.1, 0.15) is 5.75 Å². The molecule has 0 saturated heterocycles. The van der Waals surface area contributed by atoms with E-state index in [2.05, 4.69) is 5.32 Å². The van der Waals surface area contributed by atoms with Crippen molar-refractivity contribution in [1.82, 2.24) is 5.32 Å². The number of hydrogen-bond acceptors (Lipinski definition) is 3. The van der Waals surface area contributed by atoms with Crippen LogP contribution in [0.15, 0.2) is 53.4 Å². The number of halogens is 1. The van der Waals surface area contributed by atoms with Gasteiger partial charge in [0.2, 0.25) is 5.91 Å². The molecule has 5 heteroatoms. The highest BCUT2D eigenvalue weighted by atomic mass is 35.5. The minimum absolute atomic E-state index is 0.0463. The van der Waals surface area contributed by atoms with Crippen LogP contribution >= 0.6 is 23.4 Å². The molecule has 0 atom stereocenters. The van der Waals surface area contributed by atoms with Crippen molar-refractivity contribution in [2.75, 3.05) is 19.4 Å². The van der Waals surface area contributed by atoms with Gasteiger partial charge in [0, 0.05) is 16.5 Å². The fraction of sp³-hybridized carbons (Fsp3) is 0.278. The van der Waals surface area contributed by atoms with Gasteiger partial charge in [-0.1, -0.05) is 29.8 Å². The van der Waals surface area contributed by atoms with Crippen LogP contribution in [-0.2, 0) is 11.2 Å². The maximum absolute atomic E-state index is 11.8. The monoisotopic (exact) mass is 349 g/mol. The third kappa shape index (κ3) is 6.16. The topological polar surface area (TPSA) is 38.3 Å². The average Bonchev–Trinajstić information content (AvgIpc) is 2.59. The zero-order valence-corrected chi connectivity index (χ0v) is 14.6. The van der Waals surface area contributed by atoms with Crippen LogP contribution in [0, 0.1) is 0 Å². The van der Waals surface area contributed by atoms with Gasteiger partial charge in [0.15, 0.2) is 0 Å². The molecule has 0 bridgehead atoms. The third-order valence-electron chi connectivity index (χ3n) is 3.33. The molecule has 2 aromatic carbocycles. The summed E-state index contributed by atoms with van der Waals surface area (Å²) in [5.41, 5.74) is 1.12. The van der Waals surface area contributed by atoms with Gasteiger partial charge >= 0.3 is 0 Å². The second-order valence-electron chi connectivity index (χ2n) is 5.01. The molecule has 122 valence electrons. The molecule has 3 nitrogen and oxygen atoms in total. The molecule has 23 heavy (non-hydrogen) atoms. The predicted octanol–water partition coefficient (Wildman–Crippen LogP) is 4.19. The number of carbonyl (C=O) groups excluding carboxylic acids is 1. The average molecular weight is 350 g/mol. The Morgan fingerprint density at radius 2 is 1.91 bits per heavy atom. The highest BCUT2D eigenvalue weighted by Crippen LogP contribution is 2.21. The first kappa shape index (κ1) is 17.7. The zero-order chi connectivity index (χ0) is 16.5. The summed E-state index contributed by atoms with van der Waals surface area (Å²) in [4.78, 5) is 12.9. The van der Waals surface area contributed by atoms with Gasteiger partial charge in [-0.3, -0.25) is 4.79 Å². The quantitative estimate of drug-likeness (QED) is 0.573. The van der Waals surface area contributed by atoms with Crippen molar-refractivity contribution in [3.63, 3.8) is 0 Å². The number of aryl methyl sites for hydroxylation is 1. The van der Waals surface area contributed by atoms with Crippen LogP contribution in [0.4, 0.5) is 0 Å². The smallest absolute Gasteiger partial charge is 0.230 e. The van der Waals surface area contributed by atoms with E-state index < -0.39 is 0 Å². The van der Waals surface area contributed by atoms with Gasteiger partial charge in [0.25, 0.3) is 0 Å². The second kappa shape index (κ2) is 9.48. The number of hydrogen-bond donors (Lipinski definition) is 1. The zero-order valence-electron chi connectivity index (χ0n) is 13.0. The molecular formula is C18H20ClNO2S. The highest BCUT2D eigenvalue weighted by Gasteiger charge is 2.04. The van der Waals surface area contributed by atoms with Gasteiger partial charge < -0.3 is 10.1 Å². The molecule has 0 spiro atoms. The summed E-state index contributed by atoms with van der Waals surface area (Å²) < 4.78 is 5.11. The first-order valence-electron chi connectivity index (χ1n) is 7.46. The lowest BCUT2D eigenvalue weighted by molar-refractivity contribution is -0.118. The SMILES string of the molecule is COc1ccc(SCC(=O)NCCCc2ccccc2Cl)cc1. The number of amides is 1. The van der Waals surface area contributed by atoms with Crippen LogP contribution in [0.1, 0.15) is 12.0 Å². The van der Waals surface area contributed by atoms with Gasteiger partial charge in [-0.25, -0.2) is 0 Å². The Labute approximate surface area is 146 Å². The Morgan fingerprint density at radius 1 is 1.17 bits per heavy atom. The molecule has 0 fully saturated rings. The molecule has 1 amide bonds. The van der Waals surface area contributed by atoms with E-state index in [0.717, 1.165) is 34.1 Å². The molecule has 0 radical (unpaired) electrons. The minimum atomic E-state index is 0.0463. The van der Waals surface area contributed by atoms with Gasteiger partial charge in [-0.2, -0.15) is 0 Å². The maximum atomic E-state index is 11.8. The number of nitrogens with one attached hydrogen (secondary N) is 1. The normalized spacial score (nSPS) is 10.3. The summed E-state index contributed by atoms with van der Waals surface area (Å²) in [6.45, 7) is 0.660. The van der Waals surface area contributed by atoms with E-state index in [4.69, 9.17) is 16.3 Å². The van der Waals surface area contributed by atoms with Crippen LogP contribution in [0.2, 0.25) is 5.02 Å². The van der Waals surface area contributed by atoms with Crippen molar-refractivity contribution >= 4 is 29.3 Å².